The normalized spacial score (nSPS) is 14.6. The van der Waals surface area contributed by atoms with E-state index in [4.69, 9.17) is 14.0 Å². The lowest BCUT2D eigenvalue weighted by Gasteiger charge is -2.26. The summed E-state index contributed by atoms with van der Waals surface area (Å²) in [5.74, 6) is 0.712. The molecule has 8 nitrogen and oxygen atoms in total. The molecule has 0 bridgehead atoms. The fourth-order valence-corrected chi connectivity index (χ4v) is 2.98. The van der Waals surface area contributed by atoms with E-state index in [0.29, 0.717) is 32.9 Å². The van der Waals surface area contributed by atoms with Crippen molar-refractivity contribution >= 4 is 15.8 Å². The second kappa shape index (κ2) is 12.3. The summed E-state index contributed by atoms with van der Waals surface area (Å²) in [5.41, 5.74) is 1.00. The van der Waals surface area contributed by atoms with Gasteiger partial charge in [-0.05, 0) is 37.2 Å². The Morgan fingerprint density at radius 3 is 2.43 bits per heavy atom. The van der Waals surface area contributed by atoms with E-state index < -0.39 is 10.1 Å². The van der Waals surface area contributed by atoms with Crippen LogP contribution in [-0.4, -0.2) is 68.2 Å². The minimum atomic E-state index is -3.78. The number of ether oxygens (including phenoxy) is 2. The smallest absolute Gasteiger partial charge is 0.264 e. The predicted octanol–water partition coefficient (Wildman–Crippen LogP) is 2.13. The Labute approximate surface area is 166 Å². The average molecular weight is 410 g/mol. The van der Waals surface area contributed by atoms with Crippen molar-refractivity contribution in [2.75, 3.05) is 50.6 Å². The number of nitrogens with one attached hydrogen (secondary N) is 1. The third kappa shape index (κ3) is 10.2. The highest BCUT2D eigenvalue weighted by atomic mass is 32.2. The van der Waals surface area contributed by atoms with Crippen molar-refractivity contribution in [3.05, 3.63) is 54.9 Å². The molecule has 2 aromatic rings. The van der Waals surface area contributed by atoms with Gasteiger partial charge in [0.1, 0.15) is 5.75 Å². The molecule has 28 heavy (non-hydrogen) atoms. The van der Waals surface area contributed by atoms with Crippen molar-refractivity contribution in [2.24, 2.45) is 0 Å². The molecule has 1 aromatic heterocycles. The molecular formula is C19H27N3O5S. The van der Waals surface area contributed by atoms with Gasteiger partial charge in [0.15, 0.2) is 6.73 Å². The highest BCUT2D eigenvalue weighted by Crippen LogP contribution is 2.09. The molecule has 2 heterocycles. The van der Waals surface area contributed by atoms with E-state index in [1.807, 2.05) is 42.5 Å². The molecule has 0 atom stereocenters. The van der Waals surface area contributed by atoms with Crippen molar-refractivity contribution in [3.8, 4) is 5.75 Å². The van der Waals surface area contributed by atoms with E-state index >= 15 is 0 Å². The molecule has 9 heteroatoms. The number of para-hydroxylation sites is 1. The summed E-state index contributed by atoms with van der Waals surface area (Å²) in [6.07, 6.45) is 3.97. The Morgan fingerprint density at radius 2 is 1.79 bits per heavy atom. The number of hydrogen-bond acceptors (Lipinski definition) is 7. The van der Waals surface area contributed by atoms with Gasteiger partial charge in [-0.1, -0.05) is 18.2 Å². The summed E-state index contributed by atoms with van der Waals surface area (Å²) in [6, 6.07) is 13.5. The quantitative estimate of drug-likeness (QED) is 0.505. The standard InChI is InChI=1S/C12H12N2O.C7H15NO4S/c1-2-4-12(5-3-1)15-10-14-11-6-8-13-9-7-11;9-13(10,11)7-1-2-8-3-5-12-6-4-8/h1-9H,10H2,(H,13,14);1-7H2,(H,9,10,11). The topological polar surface area (TPSA) is 101 Å². The van der Waals surface area contributed by atoms with Gasteiger partial charge in [0.05, 0.1) is 19.0 Å². The molecule has 2 N–H and O–H groups in total. The molecule has 1 saturated heterocycles. The van der Waals surface area contributed by atoms with Crippen molar-refractivity contribution in [3.63, 3.8) is 0 Å². The number of nitrogens with zero attached hydrogens (tertiary/aromatic N) is 2. The summed E-state index contributed by atoms with van der Waals surface area (Å²) < 4.78 is 39.9. The van der Waals surface area contributed by atoms with Gasteiger partial charge in [-0.25, -0.2) is 0 Å². The van der Waals surface area contributed by atoms with E-state index in [1.165, 1.54) is 0 Å². The number of rotatable bonds is 8. The molecule has 0 saturated carbocycles. The summed E-state index contributed by atoms with van der Waals surface area (Å²) in [7, 11) is -3.78. The van der Waals surface area contributed by atoms with E-state index in [9.17, 15) is 8.42 Å². The monoisotopic (exact) mass is 409 g/mol. The molecule has 1 aliphatic rings. The molecule has 154 valence electrons. The van der Waals surface area contributed by atoms with Crippen LogP contribution in [0.15, 0.2) is 54.9 Å². The minimum Gasteiger partial charge on any atom is -0.473 e. The maximum atomic E-state index is 10.4. The van der Waals surface area contributed by atoms with Crippen LogP contribution >= 0.6 is 0 Å². The third-order valence-corrected chi connectivity index (χ3v) is 4.72. The van der Waals surface area contributed by atoms with Crippen LogP contribution in [0.1, 0.15) is 6.42 Å². The Morgan fingerprint density at radius 1 is 1.11 bits per heavy atom. The Balaban J connectivity index is 0.000000203. The molecule has 1 aliphatic heterocycles. The van der Waals surface area contributed by atoms with Crippen molar-refractivity contribution in [1.29, 1.82) is 0 Å². The van der Waals surface area contributed by atoms with Crippen molar-refractivity contribution in [2.45, 2.75) is 6.42 Å². The SMILES string of the molecule is O=S(=O)(O)CCCN1CCOCC1.c1ccc(OCNc2ccncc2)cc1. The molecular weight excluding hydrogens is 382 g/mol. The van der Waals surface area contributed by atoms with Gasteiger partial charge in [0.2, 0.25) is 0 Å². The summed E-state index contributed by atoms with van der Waals surface area (Å²) >= 11 is 0. The molecule has 0 amide bonds. The van der Waals surface area contributed by atoms with E-state index in [0.717, 1.165) is 24.5 Å². The van der Waals surface area contributed by atoms with Gasteiger partial charge in [-0.3, -0.25) is 14.4 Å². The summed E-state index contributed by atoms with van der Waals surface area (Å²) in [5, 5.41) is 3.13. The molecule has 1 aromatic carbocycles. The van der Waals surface area contributed by atoms with Crippen LogP contribution in [0.5, 0.6) is 5.75 Å². The summed E-state index contributed by atoms with van der Waals surface area (Å²) in [6.45, 7) is 4.30. The highest BCUT2D eigenvalue weighted by molar-refractivity contribution is 7.85. The molecule has 0 unspecified atom stereocenters. The van der Waals surface area contributed by atoms with Crippen LogP contribution in [-0.2, 0) is 14.9 Å². The van der Waals surface area contributed by atoms with Gasteiger partial charge < -0.3 is 14.8 Å². The van der Waals surface area contributed by atoms with Gasteiger partial charge in [0, 0.05) is 31.2 Å². The second-order valence-corrected chi connectivity index (χ2v) is 7.68. The highest BCUT2D eigenvalue weighted by Gasteiger charge is 2.11. The first kappa shape index (κ1) is 22.1. The van der Waals surface area contributed by atoms with Crippen LogP contribution in [0.25, 0.3) is 0 Å². The number of anilines is 1. The molecule has 3 rings (SSSR count). The van der Waals surface area contributed by atoms with Gasteiger partial charge in [-0.2, -0.15) is 8.42 Å². The largest absolute Gasteiger partial charge is 0.473 e. The zero-order valence-corrected chi connectivity index (χ0v) is 16.6. The predicted molar refractivity (Wildman–Crippen MR) is 108 cm³/mol. The van der Waals surface area contributed by atoms with E-state index in [-0.39, 0.29) is 5.75 Å². The van der Waals surface area contributed by atoms with Crippen molar-refractivity contribution in [1.82, 2.24) is 9.88 Å². The van der Waals surface area contributed by atoms with E-state index in [2.05, 4.69) is 15.2 Å². The number of morpholine rings is 1. The lowest BCUT2D eigenvalue weighted by atomic mass is 10.3. The first-order valence-corrected chi connectivity index (χ1v) is 10.7. The molecule has 0 aliphatic carbocycles. The molecule has 1 fully saturated rings. The van der Waals surface area contributed by atoms with Crippen LogP contribution in [0, 0.1) is 0 Å². The number of benzene rings is 1. The summed E-state index contributed by atoms with van der Waals surface area (Å²) in [4.78, 5) is 6.06. The maximum absolute atomic E-state index is 10.4. The Hall–Kier alpha value is -2.20. The fourth-order valence-electron chi connectivity index (χ4n) is 2.48. The zero-order chi connectivity index (χ0) is 20.1. The van der Waals surface area contributed by atoms with Crippen LogP contribution in [0.2, 0.25) is 0 Å². The number of pyridine rings is 1. The second-order valence-electron chi connectivity index (χ2n) is 6.11. The Bertz CT molecular complexity index is 714. The maximum Gasteiger partial charge on any atom is 0.264 e. The molecule has 0 spiro atoms. The van der Waals surface area contributed by atoms with Gasteiger partial charge >= 0.3 is 0 Å². The van der Waals surface area contributed by atoms with Crippen LogP contribution < -0.4 is 10.1 Å². The lowest BCUT2D eigenvalue weighted by molar-refractivity contribution is 0.0380. The number of aromatic nitrogens is 1. The first-order valence-electron chi connectivity index (χ1n) is 9.10. The average Bonchev–Trinajstić information content (AvgIpc) is 2.70. The van der Waals surface area contributed by atoms with Crippen LogP contribution in [0.4, 0.5) is 5.69 Å². The molecule has 0 radical (unpaired) electrons. The first-order chi connectivity index (χ1) is 13.5. The minimum absolute atomic E-state index is 0.148. The van der Waals surface area contributed by atoms with Crippen LogP contribution in [0.3, 0.4) is 0 Å². The zero-order valence-electron chi connectivity index (χ0n) is 15.7. The van der Waals surface area contributed by atoms with E-state index in [1.54, 1.807) is 12.4 Å². The fraction of sp³-hybridized carbons (Fsp3) is 0.421. The Kier molecular flexibility index (Phi) is 9.70. The van der Waals surface area contributed by atoms with Crippen molar-refractivity contribution < 1.29 is 22.4 Å². The third-order valence-electron chi connectivity index (χ3n) is 3.92. The van der Waals surface area contributed by atoms with Gasteiger partial charge in [0.25, 0.3) is 10.1 Å². The lowest BCUT2D eigenvalue weighted by Crippen LogP contribution is -2.37. The number of hydrogen-bond donors (Lipinski definition) is 2. The van der Waals surface area contributed by atoms with Gasteiger partial charge in [-0.15, -0.1) is 0 Å².